The smallest absolute Gasteiger partial charge is 0.249 e. The van der Waals surface area contributed by atoms with Gasteiger partial charge in [0.05, 0.1) is 15.1 Å². The summed E-state index contributed by atoms with van der Waals surface area (Å²) in [5.41, 5.74) is 2.12. The first-order valence-corrected chi connectivity index (χ1v) is 4.72. The Labute approximate surface area is 95.9 Å². The number of hydroxylamine groups is 1. The van der Waals surface area contributed by atoms with E-state index in [1.807, 2.05) is 0 Å². The van der Waals surface area contributed by atoms with Gasteiger partial charge in [0.2, 0.25) is 5.91 Å². The number of hydrogen-bond acceptors (Lipinski definition) is 2. The van der Waals surface area contributed by atoms with Crippen molar-refractivity contribution < 1.29 is 9.63 Å². The Hall–Kier alpha value is -0.640. The van der Waals surface area contributed by atoms with Gasteiger partial charge in [-0.3, -0.25) is 4.79 Å². The van der Waals surface area contributed by atoms with Crippen molar-refractivity contribution >= 4 is 40.7 Å². The van der Waals surface area contributed by atoms with Gasteiger partial charge in [-0.25, -0.2) is 0 Å². The fourth-order valence-corrected chi connectivity index (χ4v) is 1.28. The zero-order valence-corrected chi connectivity index (χ0v) is 9.37. The highest BCUT2D eigenvalue weighted by Gasteiger charge is 2.07. The number of halogens is 3. The molecule has 3 nitrogen and oxygen atoms in total. The molecule has 0 saturated heterocycles. The quantitative estimate of drug-likeness (QED) is 0.650. The minimum atomic E-state index is -0.341. The highest BCUT2D eigenvalue weighted by atomic mass is 35.5. The zero-order chi connectivity index (χ0) is 10.7. The molecule has 1 N–H and O–H groups in total. The first-order valence-electron chi connectivity index (χ1n) is 3.58. The Morgan fingerprint density at radius 3 is 2.36 bits per heavy atom. The first-order chi connectivity index (χ1) is 6.50. The third-order valence-electron chi connectivity index (χ3n) is 1.28. The topological polar surface area (TPSA) is 38.3 Å². The van der Waals surface area contributed by atoms with Gasteiger partial charge < -0.3 is 4.84 Å². The Balaban J connectivity index is 2.87. The molecule has 1 rings (SSSR count). The van der Waals surface area contributed by atoms with Crippen LogP contribution < -0.4 is 10.3 Å². The summed E-state index contributed by atoms with van der Waals surface area (Å²) in [7, 11) is 0. The van der Waals surface area contributed by atoms with Crippen molar-refractivity contribution in [1.29, 1.82) is 0 Å². The van der Waals surface area contributed by atoms with Crippen LogP contribution in [0.1, 0.15) is 6.92 Å². The van der Waals surface area contributed by atoms with Crippen LogP contribution >= 0.6 is 34.8 Å². The largest absolute Gasteiger partial charge is 0.378 e. The summed E-state index contributed by atoms with van der Waals surface area (Å²) in [5, 5.41) is 0.899. The van der Waals surface area contributed by atoms with Crippen molar-refractivity contribution in [2.75, 3.05) is 0 Å². The number of amides is 1. The van der Waals surface area contributed by atoms with Gasteiger partial charge in [-0.2, -0.15) is 5.48 Å². The maximum Gasteiger partial charge on any atom is 0.249 e. The second-order valence-electron chi connectivity index (χ2n) is 2.46. The molecule has 0 heterocycles. The van der Waals surface area contributed by atoms with E-state index in [-0.39, 0.29) is 16.7 Å². The van der Waals surface area contributed by atoms with Crippen LogP contribution in [0.25, 0.3) is 0 Å². The van der Waals surface area contributed by atoms with Crippen molar-refractivity contribution in [2.24, 2.45) is 0 Å². The third kappa shape index (κ3) is 2.94. The van der Waals surface area contributed by atoms with E-state index >= 15 is 0 Å². The number of benzene rings is 1. The molecule has 0 unspecified atom stereocenters. The number of carbonyl (C=O) groups is 1. The van der Waals surface area contributed by atoms with Gasteiger partial charge in [0.1, 0.15) is 0 Å². The molecule has 0 radical (unpaired) electrons. The lowest BCUT2D eigenvalue weighted by molar-refractivity contribution is -0.125. The standard InChI is InChI=1S/C8H6Cl3NO2/c1-4(13)12-14-8-3-6(10)5(9)2-7(8)11/h2-3H,1H3,(H,12,13). The molecule has 14 heavy (non-hydrogen) atoms. The molecule has 0 saturated carbocycles. The van der Waals surface area contributed by atoms with Gasteiger partial charge in [0, 0.05) is 13.0 Å². The molecule has 6 heteroatoms. The maximum atomic E-state index is 10.5. The fourth-order valence-electron chi connectivity index (χ4n) is 0.709. The maximum absolute atomic E-state index is 10.5. The Morgan fingerprint density at radius 1 is 1.21 bits per heavy atom. The Kier molecular flexibility index (Phi) is 3.86. The fraction of sp³-hybridized carbons (Fsp3) is 0.125. The van der Waals surface area contributed by atoms with E-state index in [0.717, 1.165) is 0 Å². The van der Waals surface area contributed by atoms with Gasteiger partial charge in [-0.05, 0) is 6.07 Å². The minimum absolute atomic E-state index is 0.247. The summed E-state index contributed by atoms with van der Waals surface area (Å²) in [5.74, 6) is -0.0941. The van der Waals surface area contributed by atoms with Gasteiger partial charge in [-0.1, -0.05) is 34.8 Å². The summed E-state index contributed by atoms with van der Waals surface area (Å²) < 4.78 is 0. The van der Waals surface area contributed by atoms with E-state index < -0.39 is 0 Å². The van der Waals surface area contributed by atoms with Crippen LogP contribution in [-0.2, 0) is 4.79 Å². The molecular formula is C8H6Cl3NO2. The van der Waals surface area contributed by atoms with Crippen molar-refractivity contribution in [2.45, 2.75) is 6.92 Å². The van der Waals surface area contributed by atoms with E-state index in [9.17, 15) is 4.79 Å². The van der Waals surface area contributed by atoms with E-state index in [0.29, 0.717) is 10.0 Å². The monoisotopic (exact) mass is 253 g/mol. The van der Waals surface area contributed by atoms with E-state index in [1.165, 1.54) is 19.1 Å². The van der Waals surface area contributed by atoms with Gasteiger partial charge in [0.25, 0.3) is 0 Å². The molecule has 1 aromatic carbocycles. The number of hydrogen-bond donors (Lipinski definition) is 1. The molecule has 0 atom stereocenters. The van der Waals surface area contributed by atoms with Gasteiger partial charge in [0.15, 0.2) is 5.75 Å². The van der Waals surface area contributed by atoms with Gasteiger partial charge in [-0.15, -0.1) is 0 Å². The normalized spacial score (nSPS) is 9.71. The van der Waals surface area contributed by atoms with Crippen molar-refractivity contribution in [3.63, 3.8) is 0 Å². The predicted molar refractivity (Wildman–Crippen MR) is 55.9 cm³/mol. The van der Waals surface area contributed by atoms with Crippen LogP contribution in [-0.4, -0.2) is 5.91 Å². The van der Waals surface area contributed by atoms with E-state index in [4.69, 9.17) is 39.6 Å². The van der Waals surface area contributed by atoms with Crippen LogP contribution in [0.4, 0.5) is 0 Å². The van der Waals surface area contributed by atoms with Crippen LogP contribution in [0.15, 0.2) is 12.1 Å². The van der Waals surface area contributed by atoms with Crippen molar-refractivity contribution in [1.82, 2.24) is 5.48 Å². The summed E-state index contributed by atoms with van der Waals surface area (Å²) >= 11 is 17.2. The molecule has 0 bridgehead atoms. The predicted octanol–water partition coefficient (Wildman–Crippen LogP) is 3.08. The van der Waals surface area contributed by atoms with Crippen LogP contribution in [0.2, 0.25) is 15.1 Å². The lowest BCUT2D eigenvalue weighted by Gasteiger charge is -2.07. The van der Waals surface area contributed by atoms with Gasteiger partial charge >= 0.3 is 0 Å². The molecule has 1 amide bonds. The molecule has 0 spiro atoms. The summed E-state index contributed by atoms with van der Waals surface area (Å²) in [6, 6.07) is 2.85. The lowest BCUT2D eigenvalue weighted by atomic mass is 10.3. The molecule has 76 valence electrons. The third-order valence-corrected chi connectivity index (χ3v) is 2.30. The average Bonchev–Trinajstić information content (AvgIpc) is 2.09. The summed E-state index contributed by atoms with van der Waals surface area (Å²) in [4.78, 5) is 15.4. The van der Waals surface area contributed by atoms with Crippen LogP contribution in [0.3, 0.4) is 0 Å². The molecule has 0 aliphatic carbocycles. The highest BCUT2D eigenvalue weighted by Crippen LogP contribution is 2.33. The number of nitrogens with one attached hydrogen (secondary N) is 1. The molecular weight excluding hydrogens is 248 g/mol. The summed E-state index contributed by atoms with van der Waals surface area (Å²) in [6.45, 7) is 1.31. The zero-order valence-electron chi connectivity index (χ0n) is 7.11. The number of carbonyl (C=O) groups excluding carboxylic acids is 1. The summed E-state index contributed by atoms with van der Waals surface area (Å²) in [6.07, 6.45) is 0. The second-order valence-corrected chi connectivity index (χ2v) is 3.68. The molecule has 0 aliphatic rings. The first kappa shape index (κ1) is 11.4. The minimum Gasteiger partial charge on any atom is -0.378 e. The average molecular weight is 254 g/mol. The Bertz CT molecular complexity index is 368. The lowest BCUT2D eigenvalue weighted by Crippen LogP contribution is -2.23. The molecule has 0 aromatic heterocycles. The van der Waals surface area contributed by atoms with E-state index in [2.05, 4.69) is 5.48 Å². The second kappa shape index (κ2) is 4.73. The van der Waals surface area contributed by atoms with Crippen LogP contribution in [0, 0.1) is 0 Å². The Morgan fingerprint density at radius 2 is 1.79 bits per heavy atom. The molecule has 0 fully saturated rings. The highest BCUT2D eigenvalue weighted by molar-refractivity contribution is 6.43. The van der Waals surface area contributed by atoms with Crippen molar-refractivity contribution in [3.05, 3.63) is 27.2 Å². The van der Waals surface area contributed by atoms with Crippen molar-refractivity contribution in [3.8, 4) is 5.75 Å². The molecule has 1 aromatic rings. The van der Waals surface area contributed by atoms with Crippen LogP contribution in [0.5, 0.6) is 5.75 Å². The SMILES string of the molecule is CC(=O)NOc1cc(Cl)c(Cl)cc1Cl. The number of rotatable bonds is 2. The van der Waals surface area contributed by atoms with E-state index in [1.54, 1.807) is 0 Å². The molecule has 0 aliphatic heterocycles.